The molecule has 5 nitrogen and oxygen atoms in total. The number of anilines is 1. The maximum Gasteiger partial charge on any atom is 0.272 e. The van der Waals surface area contributed by atoms with E-state index in [9.17, 15) is 9.18 Å². The van der Waals surface area contributed by atoms with Gasteiger partial charge >= 0.3 is 0 Å². The number of aromatic nitrogens is 2. The van der Waals surface area contributed by atoms with Crippen LogP contribution in [0.3, 0.4) is 0 Å². The summed E-state index contributed by atoms with van der Waals surface area (Å²) >= 11 is 6.16. The molecule has 1 aliphatic rings. The number of halogens is 2. The molecule has 0 saturated carbocycles. The number of piperazine rings is 1. The number of benzene rings is 3. The Bertz CT molecular complexity index is 1370. The molecule has 0 unspecified atom stereocenters. The molecule has 1 amide bonds. The summed E-state index contributed by atoms with van der Waals surface area (Å²) in [7, 11) is 0. The summed E-state index contributed by atoms with van der Waals surface area (Å²) in [5.74, 6) is -0.380. The van der Waals surface area contributed by atoms with Crippen LogP contribution in [0.25, 0.3) is 16.9 Å². The van der Waals surface area contributed by atoms with Gasteiger partial charge in [0.1, 0.15) is 11.5 Å². The maximum absolute atomic E-state index is 13.8. The van der Waals surface area contributed by atoms with Crippen molar-refractivity contribution in [1.82, 2.24) is 14.7 Å². The minimum absolute atomic E-state index is 0.0717. The lowest BCUT2D eigenvalue weighted by atomic mass is 10.1. The van der Waals surface area contributed by atoms with E-state index in [1.165, 1.54) is 12.1 Å². The van der Waals surface area contributed by atoms with Gasteiger partial charge in [-0.05, 0) is 79.6 Å². The Kier molecular flexibility index (Phi) is 6.31. The highest BCUT2D eigenvalue weighted by Crippen LogP contribution is 2.26. The predicted octanol–water partition coefficient (Wildman–Crippen LogP) is 5.91. The van der Waals surface area contributed by atoms with Gasteiger partial charge < -0.3 is 9.80 Å². The number of amides is 1. The lowest BCUT2D eigenvalue weighted by Gasteiger charge is -2.36. The van der Waals surface area contributed by atoms with Gasteiger partial charge in [0.2, 0.25) is 0 Å². The Morgan fingerprint density at radius 2 is 1.66 bits per heavy atom. The Balaban J connectivity index is 1.46. The van der Waals surface area contributed by atoms with Crippen molar-refractivity contribution in [3.05, 3.63) is 100 Å². The van der Waals surface area contributed by atoms with Gasteiger partial charge in [-0.2, -0.15) is 5.10 Å². The van der Waals surface area contributed by atoms with Gasteiger partial charge in [-0.25, -0.2) is 9.07 Å². The molecule has 0 N–H and O–H groups in total. The molecule has 0 radical (unpaired) electrons. The van der Waals surface area contributed by atoms with E-state index in [1.54, 1.807) is 22.9 Å². The summed E-state index contributed by atoms with van der Waals surface area (Å²) < 4.78 is 15.2. The smallest absolute Gasteiger partial charge is 0.272 e. The van der Waals surface area contributed by atoms with Crippen molar-refractivity contribution in [3.8, 4) is 16.9 Å². The maximum atomic E-state index is 13.8. The fourth-order valence-corrected chi connectivity index (χ4v) is 4.61. The van der Waals surface area contributed by atoms with Gasteiger partial charge in [0.15, 0.2) is 0 Å². The lowest BCUT2D eigenvalue weighted by Crippen LogP contribution is -2.49. The molecule has 1 aliphatic heterocycles. The molecule has 0 spiro atoms. The van der Waals surface area contributed by atoms with E-state index in [0.717, 1.165) is 28.1 Å². The molecule has 0 bridgehead atoms. The quantitative estimate of drug-likeness (QED) is 0.358. The minimum atomic E-state index is -0.309. The molecule has 178 valence electrons. The van der Waals surface area contributed by atoms with E-state index in [4.69, 9.17) is 16.7 Å². The zero-order valence-electron chi connectivity index (χ0n) is 19.7. The SMILES string of the molecule is Cc1ccc(C)c(-n2nc(-c3ccc(F)cc3)cc2C(=O)N2CCN(c3cccc(Cl)c3)CC2)c1. The number of carbonyl (C=O) groups excluding carboxylic acids is 1. The molecule has 35 heavy (non-hydrogen) atoms. The average Bonchev–Trinajstić information content (AvgIpc) is 3.31. The molecular weight excluding hydrogens is 463 g/mol. The number of aryl methyl sites for hydroxylation is 2. The van der Waals surface area contributed by atoms with Crippen molar-refractivity contribution in [2.45, 2.75) is 13.8 Å². The second-order valence-corrected chi connectivity index (χ2v) is 9.32. The molecule has 7 heteroatoms. The first-order valence-electron chi connectivity index (χ1n) is 11.6. The van der Waals surface area contributed by atoms with Crippen molar-refractivity contribution in [3.63, 3.8) is 0 Å². The van der Waals surface area contributed by atoms with Crippen molar-refractivity contribution in [2.24, 2.45) is 0 Å². The molecule has 0 atom stereocenters. The standard InChI is InChI=1S/C28H26ClFN4O/c1-19-6-7-20(2)26(16-19)34-27(18-25(31-34)21-8-10-23(30)11-9-21)28(35)33-14-12-32(13-15-33)24-5-3-4-22(29)17-24/h3-11,16-18H,12-15H2,1-2H3. The Labute approximate surface area is 209 Å². The van der Waals surface area contributed by atoms with Gasteiger partial charge in [-0.1, -0.05) is 29.8 Å². The Morgan fingerprint density at radius 3 is 2.37 bits per heavy atom. The number of carbonyl (C=O) groups is 1. The lowest BCUT2D eigenvalue weighted by molar-refractivity contribution is 0.0737. The fraction of sp³-hybridized carbons (Fsp3) is 0.214. The molecule has 1 aromatic heterocycles. The average molecular weight is 489 g/mol. The summed E-state index contributed by atoms with van der Waals surface area (Å²) in [6.45, 7) is 6.64. The van der Waals surface area contributed by atoms with Crippen LogP contribution in [0.4, 0.5) is 10.1 Å². The van der Waals surface area contributed by atoms with E-state index in [0.29, 0.717) is 42.6 Å². The zero-order valence-corrected chi connectivity index (χ0v) is 20.5. The number of hydrogen-bond acceptors (Lipinski definition) is 3. The van der Waals surface area contributed by atoms with E-state index >= 15 is 0 Å². The highest BCUT2D eigenvalue weighted by molar-refractivity contribution is 6.30. The first-order chi connectivity index (χ1) is 16.9. The number of hydrogen-bond donors (Lipinski definition) is 0. The van der Waals surface area contributed by atoms with Crippen LogP contribution in [0.2, 0.25) is 5.02 Å². The summed E-state index contributed by atoms with van der Waals surface area (Å²) in [5.41, 5.74) is 5.90. The highest BCUT2D eigenvalue weighted by atomic mass is 35.5. The number of rotatable bonds is 4. The molecule has 2 heterocycles. The van der Waals surface area contributed by atoms with Crippen LogP contribution in [0.15, 0.2) is 72.8 Å². The third-order valence-electron chi connectivity index (χ3n) is 6.40. The van der Waals surface area contributed by atoms with Gasteiger partial charge in [0.05, 0.1) is 11.4 Å². The van der Waals surface area contributed by atoms with Gasteiger partial charge in [0.25, 0.3) is 5.91 Å². The normalized spacial score (nSPS) is 13.8. The molecule has 5 rings (SSSR count). The first kappa shape index (κ1) is 23.1. The Hall–Kier alpha value is -3.64. The van der Waals surface area contributed by atoms with Crippen LogP contribution in [0, 0.1) is 19.7 Å². The first-order valence-corrected chi connectivity index (χ1v) is 12.0. The monoisotopic (exact) mass is 488 g/mol. The van der Waals surface area contributed by atoms with Gasteiger partial charge in [-0.3, -0.25) is 4.79 Å². The van der Waals surface area contributed by atoms with E-state index in [1.807, 2.05) is 61.2 Å². The highest BCUT2D eigenvalue weighted by Gasteiger charge is 2.27. The van der Waals surface area contributed by atoms with Crippen LogP contribution in [0.1, 0.15) is 21.6 Å². The van der Waals surface area contributed by atoms with Gasteiger partial charge in [0, 0.05) is 42.5 Å². The second kappa shape index (κ2) is 9.55. The third kappa shape index (κ3) is 4.80. The molecule has 1 saturated heterocycles. The third-order valence-corrected chi connectivity index (χ3v) is 6.64. The fourth-order valence-electron chi connectivity index (χ4n) is 4.43. The van der Waals surface area contributed by atoms with Crippen molar-refractivity contribution in [2.75, 3.05) is 31.1 Å². The molecule has 1 fully saturated rings. The largest absolute Gasteiger partial charge is 0.368 e. The van der Waals surface area contributed by atoms with E-state index in [2.05, 4.69) is 4.90 Å². The van der Waals surface area contributed by atoms with E-state index in [-0.39, 0.29) is 11.7 Å². The minimum Gasteiger partial charge on any atom is -0.368 e. The van der Waals surface area contributed by atoms with Gasteiger partial charge in [-0.15, -0.1) is 0 Å². The number of nitrogens with zero attached hydrogens (tertiary/aromatic N) is 4. The van der Waals surface area contributed by atoms with Crippen molar-refractivity contribution < 1.29 is 9.18 Å². The molecule has 3 aromatic carbocycles. The summed E-state index contributed by atoms with van der Waals surface area (Å²) in [5, 5.41) is 5.49. The van der Waals surface area contributed by atoms with E-state index < -0.39 is 0 Å². The molecule has 4 aromatic rings. The summed E-state index contributed by atoms with van der Waals surface area (Å²) in [6.07, 6.45) is 0. The zero-order chi connectivity index (χ0) is 24.5. The van der Waals surface area contributed by atoms with Crippen LogP contribution in [0.5, 0.6) is 0 Å². The molecule has 0 aliphatic carbocycles. The molecular formula is C28H26ClFN4O. The van der Waals surface area contributed by atoms with Crippen molar-refractivity contribution in [1.29, 1.82) is 0 Å². The van der Waals surface area contributed by atoms with Crippen LogP contribution in [-0.2, 0) is 0 Å². The predicted molar refractivity (Wildman–Crippen MR) is 138 cm³/mol. The Morgan fingerprint density at radius 1 is 0.914 bits per heavy atom. The van der Waals surface area contributed by atoms with Crippen LogP contribution < -0.4 is 4.90 Å². The summed E-state index contributed by atoms with van der Waals surface area (Å²) in [4.78, 5) is 17.9. The second-order valence-electron chi connectivity index (χ2n) is 8.88. The topological polar surface area (TPSA) is 41.4 Å². The van der Waals surface area contributed by atoms with Crippen molar-refractivity contribution >= 4 is 23.2 Å². The van der Waals surface area contributed by atoms with Crippen LogP contribution in [-0.4, -0.2) is 46.8 Å². The van der Waals surface area contributed by atoms with Crippen LogP contribution >= 0.6 is 11.6 Å². The summed E-state index contributed by atoms with van der Waals surface area (Å²) in [6, 6.07) is 21.9.